The summed E-state index contributed by atoms with van der Waals surface area (Å²) < 4.78 is 49.4. The van der Waals surface area contributed by atoms with E-state index in [1.54, 1.807) is 0 Å². The summed E-state index contributed by atoms with van der Waals surface area (Å²) in [6.07, 6.45) is -10.6. The van der Waals surface area contributed by atoms with Gasteiger partial charge in [0.2, 0.25) is 0 Å². The van der Waals surface area contributed by atoms with Crippen LogP contribution in [0.25, 0.3) is 10.4 Å². The van der Waals surface area contributed by atoms with E-state index in [0.29, 0.717) is 0 Å². The molecule has 13 heteroatoms. The molecule has 12 atom stereocenters. The van der Waals surface area contributed by atoms with Crippen LogP contribution in [0.4, 0.5) is 0 Å². The molecule has 4 aliphatic rings. The van der Waals surface area contributed by atoms with E-state index in [4.69, 9.17) is 37.9 Å². The van der Waals surface area contributed by atoms with Crippen LogP contribution in [0.1, 0.15) is 29.3 Å². The normalized spacial score (nSPS) is 37.3. The van der Waals surface area contributed by atoms with Crippen molar-refractivity contribution in [2.75, 3.05) is 13.2 Å². The first-order valence-corrected chi connectivity index (χ1v) is 15.3. The number of ether oxygens (including phenoxy) is 8. The third-order valence-electron chi connectivity index (χ3n) is 8.54. The molecule has 0 amide bonds. The highest BCUT2D eigenvalue weighted by molar-refractivity contribution is 5.18. The van der Waals surface area contributed by atoms with Crippen molar-refractivity contribution in [1.82, 2.24) is 0 Å². The molecule has 4 saturated heterocycles. The van der Waals surface area contributed by atoms with E-state index in [1.165, 1.54) is 0 Å². The Balaban J connectivity index is 1.15. The quantitative estimate of drug-likeness (QED) is 0.213. The first-order valence-electron chi connectivity index (χ1n) is 15.3. The van der Waals surface area contributed by atoms with Gasteiger partial charge in [-0.05, 0) is 11.1 Å². The lowest BCUT2D eigenvalue weighted by Gasteiger charge is -2.51. The molecule has 3 aromatic rings. The molecular weight excluding hydrogens is 598 g/mol. The summed E-state index contributed by atoms with van der Waals surface area (Å²) >= 11 is 0. The van der Waals surface area contributed by atoms with Gasteiger partial charge in [0.05, 0.1) is 25.9 Å². The Bertz CT molecular complexity index is 1470. The van der Waals surface area contributed by atoms with Crippen LogP contribution >= 0.6 is 0 Å². The Morgan fingerprint density at radius 1 is 0.717 bits per heavy atom. The predicted octanol–water partition coefficient (Wildman–Crippen LogP) is 3.67. The summed E-state index contributed by atoms with van der Waals surface area (Å²) in [5.74, 6) is 0. The standard InChI is InChI=1S/C33H35N3O10/c34-36-35-24-25(37)26-22(17-40-31(44-26)20-12-6-2-7-13-20)43-33(24)46-28-27-23(18-41-32(45-27)21-14-8-3-9-15-21)42-30(38)29(28)39-16-19-10-4-1-5-11-19/h1-15,22-33,37-38H,16-18H2/t22-,23-,24-,25-,26+,27+,28+,29-,30?,31+,32+,33+/m1/s1. The number of nitrogens with zero attached hydrogens (tertiary/aromatic N) is 3. The van der Waals surface area contributed by atoms with E-state index in [2.05, 4.69) is 10.0 Å². The molecule has 0 aliphatic carbocycles. The molecule has 46 heavy (non-hydrogen) atoms. The third kappa shape index (κ3) is 6.54. The van der Waals surface area contributed by atoms with Crippen molar-refractivity contribution in [3.63, 3.8) is 0 Å². The molecule has 0 radical (unpaired) electrons. The fourth-order valence-electron chi connectivity index (χ4n) is 6.25. The average molecular weight is 634 g/mol. The van der Waals surface area contributed by atoms with Gasteiger partial charge in [0.15, 0.2) is 25.2 Å². The van der Waals surface area contributed by atoms with Crippen LogP contribution in [0.5, 0.6) is 0 Å². The van der Waals surface area contributed by atoms with Gasteiger partial charge >= 0.3 is 0 Å². The highest BCUT2D eigenvalue weighted by Crippen LogP contribution is 2.40. The van der Waals surface area contributed by atoms with Gasteiger partial charge in [0.25, 0.3) is 0 Å². The molecular formula is C33H35N3O10. The van der Waals surface area contributed by atoms with E-state index in [1.807, 2.05) is 91.0 Å². The van der Waals surface area contributed by atoms with Gasteiger partial charge in [-0.2, -0.15) is 0 Å². The lowest BCUT2D eigenvalue weighted by molar-refractivity contribution is -0.395. The van der Waals surface area contributed by atoms with Gasteiger partial charge in [-0.1, -0.05) is 96.1 Å². The van der Waals surface area contributed by atoms with Crippen LogP contribution < -0.4 is 0 Å². The minimum absolute atomic E-state index is 0.0843. The number of hydrogen-bond donors (Lipinski definition) is 2. The number of aliphatic hydroxyl groups is 2. The van der Waals surface area contributed by atoms with Crippen molar-refractivity contribution in [3.05, 3.63) is 118 Å². The van der Waals surface area contributed by atoms with Crippen LogP contribution in [0.3, 0.4) is 0 Å². The molecule has 2 N–H and O–H groups in total. The minimum Gasteiger partial charge on any atom is -0.390 e. The van der Waals surface area contributed by atoms with Crippen LogP contribution in [-0.4, -0.2) is 84.8 Å². The lowest BCUT2D eigenvalue weighted by atomic mass is 9.94. The van der Waals surface area contributed by atoms with Crippen molar-refractivity contribution in [2.45, 2.75) is 80.5 Å². The minimum atomic E-state index is -1.41. The van der Waals surface area contributed by atoms with Gasteiger partial charge in [0.1, 0.15) is 42.7 Å². The van der Waals surface area contributed by atoms with Crippen molar-refractivity contribution in [2.24, 2.45) is 5.11 Å². The molecule has 13 nitrogen and oxygen atoms in total. The molecule has 0 bridgehead atoms. The highest BCUT2D eigenvalue weighted by atomic mass is 16.8. The Morgan fingerprint density at radius 3 is 1.89 bits per heavy atom. The Labute approximate surface area is 265 Å². The molecule has 7 rings (SSSR count). The maximum absolute atomic E-state index is 11.5. The second kappa shape index (κ2) is 14.1. The molecule has 4 heterocycles. The summed E-state index contributed by atoms with van der Waals surface area (Å²) in [4.78, 5) is 2.97. The fraction of sp³-hybridized carbons (Fsp3) is 0.455. The zero-order chi connectivity index (χ0) is 31.5. The van der Waals surface area contributed by atoms with Gasteiger partial charge in [0, 0.05) is 16.0 Å². The first kappa shape index (κ1) is 31.2. The zero-order valence-corrected chi connectivity index (χ0v) is 24.7. The van der Waals surface area contributed by atoms with Crippen molar-refractivity contribution in [3.8, 4) is 0 Å². The topological polar surface area (TPSA) is 163 Å². The summed E-state index contributed by atoms with van der Waals surface area (Å²) in [7, 11) is 0. The van der Waals surface area contributed by atoms with Crippen molar-refractivity contribution in [1.29, 1.82) is 0 Å². The molecule has 1 unspecified atom stereocenters. The molecule has 4 aliphatic heterocycles. The predicted molar refractivity (Wildman–Crippen MR) is 158 cm³/mol. The smallest absolute Gasteiger partial charge is 0.184 e. The molecule has 242 valence electrons. The van der Waals surface area contributed by atoms with Gasteiger partial charge in [-0.3, -0.25) is 0 Å². The zero-order valence-electron chi connectivity index (χ0n) is 24.7. The maximum Gasteiger partial charge on any atom is 0.184 e. The summed E-state index contributed by atoms with van der Waals surface area (Å²) in [5.41, 5.74) is 11.9. The molecule has 4 fully saturated rings. The van der Waals surface area contributed by atoms with Crippen LogP contribution in [0.2, 0.25) is 0 Å². The fourth-order valence-corrected chi connectivity index (χ4v) is 6.25. The summed E-state index contributed by atoms with van der Waals surface area (Å²) in [6, 6.07) is 27.0. The SMILES string of the molecule is [N-]=[N+]=N[C@H]1[C@H](O[C@H]2[C@H]3O[C@@H](c4ccccc4)OC[C@H]3OC(O)[C@@H]2OCc2ccccc2)O[C@@H]2CO[C@H](c3ccccc3)O[C@@H]2[C@@H]1O. The van der Waals surface area contributed by atoms with Crippen LogP contribution in [0, 0.1) is 0 Å². The Hall–Kier alpha value is -3.43. The Kier molecular flexibility index (Phi) is 9.58. The monoisotopic (exact) mass is 633 g/mol. The van der Waals surface area contributed by atoms with Crippen molar-refractivity contribution < 1.29 is 48.1 Å². The third-order valence-corrected chi connectivity index (χ3v) is 8.54. The Morgan fingerprint density at radius 2 is 1.28 bits per heavy atom. The second-order valence-electron chi connectivity index (χ2n) is 11.5. The number of benzene rings is 3. The molecule has 0 spiro atoms. The van der Waals surface area contributed by atoms with E-state index < -0.39 is 73.9 Å². The van der Waals surface area contributed by atoms with Crippen LogP contribution in [-0.2, 0) is 44.5 Å². The molecule has 0 aromatic heterocycles. The van der Waals surface area contributed by atoms with Gasteiger partial charge in [-0.15, -0.1) is 0 Å². The number of aliphatic hydroxyl groups excluding tert-OH is 2. The number of fused-ring (bicyclic) bond motifs is 2. The average Bonchev–Trinajstić information content (AvgIpc) is 3.10. The van der Waals surface area contributed by atoms with Gasteiger partial charge in [-0.25, -0.2) is 0 Å². The number of rotatable bonds is 8. The maximum atomic E-state index is 11.5. The van der Waals surface area contributed by atoms with E-state index in [9.17, 15) is 15.7 Å². The van der Waals surface area contributed by atoms with Crippen molar-refractivity contribution >= 4 is 0 Å². The largest absolute Gasteiger partial charge is 0.390 e. The van der Waals surface area contributed by atoms with E-state index in [0.717, 1.165) is 16.7 Å². The van der Waals surface area contributed by atoms with Crippen LogP contribution in [0.15, 0.2) is 96.1 Å². The van der Waals surface area contributed by atoms with E-state index >= 15 is 0 Å². The van der Waals surface area contributed by atoms with Gasteiger partial charge < -0.3 is 48.1 Å². The number of azide groups is 1. The summed E-state index contributed by atoms with van der Waals surface area (Å²) in [6.45, 7) is 0.331. The molecule has 0 saturated carbocycles. The lowest BCUT2D eigenvalue weighted by Crippen LogP contribution is -2.67. The second-order valence-corrected chi connectivity index (χ2v) is 11.5. The highest BCUT2D eigenvalue weighted by Gasteiger charge is 2.55. The number of hydrogen-bond acceptors (Lipinski definition) is 11. The van der Waals surface area contributed by atoms with E-state index in [-0.39, 0.29) is 19.8 Å². The summed E-state index contributed by atoms with van der Waals surface area (Å²) in [5, 5.41) is 26.5. The first-order chi connectivity index (χ1) is 22.6. The molecule has 3 aromatic carbocycles.